The Hall–Kier alpha value is -6.33. The van der Waals surface area contributed by atoms with Crippen molar-refractivity contribution in [2.24, 2.45) is 0 Å². The summed E-state index contributed by atoms with van der Waals surface area (Å²) in [5.41, 5.74) is 11.9. The number of pyridine rings is 5. The number of hydrogen-bond acceptors (Lipinski definition) is 5. The Kier molecular flexibility index (Phi) is 6.06. The van der Waals surface area contributed by atoms with Gasteiger partial charge >= 0.3 is 0 Å². The first kappa shape index (κ1) is 26.1. The van der Waals surface area contributed by atoms with Crippen molar-refractivity contribution in [3.63, 3.8) is 0 Å². The van der Waals surface area contributed by atoms with Gasteiger partial charge in [-0.15, -0.1) is 0 Å². The molecule has 0 amide bonds. The van der Waals surface area contributed by atoms with E-state index < -0.39 is 0 Å². The van der Waals surface area contributed by atoms with Gasteiger partial charge in [0.1, 0.15) is 0 Å². The Balaban J connectivity index is 1.01. The monoisotopic (exact) mass is 587 g/mol. The minimum atomic E-state index is 0.917. The summed E-state index contributed by atoms with van der Waals surface area (Å²) in [6.07, 6.45) is 5.45. The number of rotatable bonds is 4. The minimum Gasteiger partial charge on any atom is -0.264 e. The molecule has 0 saturated carbocycles. The molecule has 9 rings (SSSR count). The zero-order valence-corrected chi connectivity index (χ0v) is 24.7. The molecule has 5 aromatic heterocycles. The fraction of sp³-hybridized carbons (Fsp3) is 0. The lowest BCUT2D eigenvalue weighted by molar-refractivity contribution is 1.30. The van der Waals surface area contributed by atoms with Crippen LogP contribution in [0.3, 0.4) is 0 Å². The molecule has 0 aliphatic carbocycles. The van der Waals surface area contributed by atoms with Crippen LogP contribution in [0.25, 0.3) is 88.5 Å². The maximum atomic E-state index is 5.01. The molecule has 0 atom stereocenters. The van der Waals surface area contributed by atoms with Gasteiger partial charge in [0.2, 0.25) is 0 Å². The van der Waals surface area contributed by atoms with Crippen molar-refractivity contribution in [1.82, 2.24) is 24.9 Å². The van der Waals surface area contributed by atoms with E-state index >= 15 is 0 Å². The number of fused-ring (bicyclic) bond motifs is 5. The molecule has 4 aromatic carbocycles. The van der Waals surface area contributed by atoms with Crippen molar-refractivity contribution in [2.45, 2.75) is 0 Å². The summed E-state index contributed by atoms with van der Waals surface area (Å²) in [5.74, 6) is 0. The summed E-state index contributed by atoms with van der Waals surface area (Å²) >= 11 is 0. The summed E-state index contributed by atoms with van der Waals surface area (Å²) < 4.78 is 0. The summed E-state index contributed by atoms with van der Waals surface area (Å²) in [5, 5.41) is 4.38. The second-order valence-electron chi connectivity index (χ2n) is 11.4. The first-order valence-electron chi connectivity index (χ1n) is 15.2. The topological polar surface area (TPSA) is 64.5 Å². The van der Waals surface area contributed by atoms with E-state index in [-0.39, 0.29) is 0 Å². The highest BCUT2D eigenvalue weighted by atomic mass is 14.8. The van der Waals surface area contributed by atoms with Crippen LogP contribution in [0.5, 0.6) is 0 Å². The third kappa shape index (κ3) is 4.62. The van der Waals surface area contributed by atoms with E-state index in [9.17, 15) is 0 Å². The third-order valence-corrected chi connectivity index (χ3v) is 8.58. The number of aromatic nitrogens is 5. The highest BCUT2D eigenvalue weighted by Crippen LogP contribution is 2.31. The van der Waals surface area contributed by atoms with Crippen LogP contribution in [0, 0.1) is 0 Å². The van der Waals surface area contributed by atoms with Gasteiger partial charge in [-0.2, -0.15) is 0 Å². The van der Waals surface area contributed by atoms with Crippen LogP contribution in [-0.2, 0) is 0 Å². The van der Waals surface area contributed by atoms with Crippen molar-refractivity contribution in [3.8, 4) is 44.9 Å². The van der Waals surface area contributed by atoms with Crippen molar-refractivity contribution in [1.29, 1.82) is 0 Å². The predicted octanol–water partition coefficient (Wildman–Crippen LogP) is 9.94. The lowest BCUT2D eigenvalue weighted by Crippen LogP contribution is -1.90. The lowest BCUT2D eigenvalue weighted by Gasteiger charge is -2.09. The van der Waals surface area contributed by atoms with Crippen molar-refractivity contribution in [3.05, 3.63) is 152 Å². The number of nitrogens with zero attached hydrogens (tertiary/aromatic N) is 5. The molecule has 9 aromatic rings. The molecular formula is C41H25N5. The van der Waals surface area contributed by atoms with Gasteiger partial charge in [0.25, 0.3) is 0 Å². The van der Waals surface area contributed by atoms with E-state index in [1.807, 2.05) is 36.7 Å². The molecule has 5 heteroatoms. The van der Waals surface area contributed by atoms with Crippen LogP contribution < -0.4 is 0 Å². The van der Waals surface area contributed by atoms with Crippen molar-refractivity contribution < 1.29 is 0 Å². The molecule has 5 nitrogen and oxygen atoms in total. The summed E-state index contributed by atoms with van der Waals surface area (Å²) in [4.78, 5) is 23.8. The van der Waals surface area contributed by atoms with Gasteiger partial charge in [-0.3, -0.25) is 9.97 Å². The SMILES string of the molecule is c1cncc(-c2ccc3ccc(-c4ccc5nc(-c6ccc(-c7ccc8ccc9cccnc9c8n7)cc6)ccc5c4)cc3n2)c1. The Morgan fingerprint density at radius 2 is 0.935 bits per heavy atom. The Morgan fingerprint density at radius 1 is 0.348 bits per heavy atom. The largest absolute Gasteiger partial charge is 0.264 e. The van der Waals surface area contributed by atoms with Crippen LogP contribution in [0.2, 0.25) is 0 Å². The van der Waals surface area contributed by atoms with E-state index in [0.29, 0.717) is 0 Å². The van der Waals surface area contributed by atoms with Crippen LogP contribution in [0.4, 0.5) is 0 Å². The molecule has 0 saturated heterocycles. The third-order valence-electron chi connectivity index (χ3n) is 8.58. The van der Waals surface area contributed by atoms with Crippen LogP contribution in [0.1, 0.15) is 0 Å². The molecule has 0 N–H and O–H groups in total. The highest BCUT2D eigenvalue weighted by Gasteiger charge is 2.09. The first-order valence-corrected chi connectivity index (χ1v) is 15.2. The van der Waals surface area contributed by atoms with Crippen LogP contribution in [-0.4, -0.2) is 24.9 Å². The minimum absolute atomic E-state index is 0.917. The van der Waals surface area contributed by atoms with Crippen molar-refractivity contribution in [2.75, 3.05) is 0 Å². The van der Waals surface area contributed by atoms with E-state index in [1.54, 1.807) is 6.20 Å². The molecule has 214 valence electrons. The highest BCUT2D eigenvalue weighted by molar-refractivity contribution is 6.03. The van der Waals surface area contributed by atoms with Crippen LogP contribution in [0.15, 0.2) is 152 Å². The van der Waals surface area contributed by atoms with Crippen molar-refractivity contribution >= 4 is 43.6 Å². The Labute approximate surface area is 264 Å². The Morgan fingerprint density at radius 3 is 1.74 bits per heavy atom. The molecule has 0 aliphatic rings. The average molecular weight is 588 g/mol. The fourth-order valence-electron chi connectivity index (χ4n) is 6.13. The van der Waals surface area contributed by atoms with Gasteiger partial charge in [-0.25, -0.2) is 15.0 Å². The average Bonchev–Trinajstić information content (AvgIpc) is 3.14. The predicted molar refractivity (Wildman–Crippen MR) is 187 cm³/mol. The molecule has 0 bridgehead atoms. The summed E-state index contributed by atoms with van der Waals surface area (Å²) in [6, 6.07) is 46.1. The fourth-order valence-corrected chi connectivity index (χ4v) is 6.13. The molecule has 0 spiro atoms. The van der Waals surface area contributed by atoms with Gasteiger partial charge in [-0.1, -0.05) is 78.9 Å². The molecule has 0 unspecified atom stereocenters. The molecule has 0 radical (unpaired) electrons. The zero-order chi connectivity index (χ0) is 30.5. The standard InChI is InChI=1S/C41H25N5/c1-4-34(25-42-21-1)38-17-13-28-9-12-32(24-39(28)45-38)31-15-19-37-33(23-31)16-20-35(44-37)26-5-7-27(8-6-26)36-18-14-30-11-10-29-3-2-22-43-40(29)41(30)46-36/h1-25H. The second-order valence-corrected chi connectivity index (χ2v) is 11.4. The number of benzene rings is 4. The molecule has 5 heterocycles. The summed E-state index contributed by atoms with van der Waals surface area (Å²) in [6.45, 7) is 0. The second kappa shape index (κ2) is 10.7. The molecule has 46 heavy (non-hydrogen) atoms. The normalized spacial score (nSPS) is 11.5. The van der Waals surface area contributed by atoms with Gasteiger partial charge in [-0.05, 0) is 65.7 Å². The molecule has 0 aliphatic heterocycles. The zero-order valence-electron chi connectivity index (χ0n) is 24.7. The smallest absolute Gasteiger partial charge is 0.0972 e. The first-order chi connectivity index (χ1) is 22.7. The van der Waals surface area contributed by atoms with E-state index in [4.69, 9.17) is 15.0 Å². The maximum absolute atomic E-state index is 5.01. The van der Waals surface area contributed by atoms with Gasteiger partial charge < -0.3 is 0 Å². The van der Waals surface area contributed by atoms with Gasteiger partial charge in [0.05, 0.1) is 39.1 Å². The van der Waals surface area contributed by atoms with E-state index in [2.05, 4.69) is 119 Å². The lowest BCUT2D eigenvalue weighted by atomic mass is 10.0. The van der Waals surface area contributed by atoms with Gasteiger partial charge in [0, 0.05) is 56.8 Å². The van der Waals surface area contributed by atoms with E-state index in [1.165, 1.54) is 0 Å². The van der Waals surface area contributed by atoms with Gasteiger partial charge in [0.15, 0.2) is 0 Å². The summed E-state index contributed by atoms with van der Waals surface area (Å²) in [7, 11) is 0. The number of hydrogen-bond donors (Lipinski definition) is 0. The maximum Gasteiger partial charge on any atom is 0.0972 e. The Bertz CT molecular complexity index is 2580. The molecule has 0 fully saturated rings. The molecular weight excluding hydrogens is 562 g/mol. The van der Waals surface area contributed by atoms with E-state index in [0.717, 1.165) is 88.5 Å². The van der Waals surface area contributed by atoms with Crippen LogP contribution >= 0.6 is 0 Å². The quantitative estimate of drug-likeness (QED) is 0.192.